The predicted octanol–water partition coefficient (Wildman–Crippen LogP) is 4.34. The molecule has 0 unspecified atom stereocenters. The van der Waals surface area contributed by atoms with Crippen molar-refractivity contribution in [3.8, 4) is 16.2 Å². The summed E-state index contributed by atoms with van der Waals surface area (Å²) < 4.78 is 20.5. The van der Waals surface area contributed by atoms with Crippen molar-refractivity contribution in [3.05, 3.63) is 83.2 Å². The summed E-state index contributed by atoms with van der Waals surface area (Å²) in [6.07, 6.45) is 1.51. The molecule has 26 heavy (non-hydrogen) atoms. The minimum absolute atomic E-state index is 0.120. The molecule has 130 valence electrons. The summed E-state index contributed by atoms with van der Waals surface area (Å²) in [5, 5.41) is 0.585. The van der Waals surface area contributed by atoms with E-state index in [1.54, 1.807) is 18.2 Å². The highest BCUT2D eigenvalue weighted by Gasteiger charge is 2.10. The Kier molecular flexibility index (Phi) is 4.50. The van der Waals surface area contributed by atoms with Crippen molar-refractivity contribution < 1.29 is 9.13 Å². The second kappa shape index (κ2) is 7.09. The second-order valence-electron chi connectivity index (χ2n) is 5.72. The molecule has 6 heteroatoms. The van der Waals surface area contributed by atoms with Crippen LogP contribution in [0, 0.1) is 5.82 Å². The van der Waals surface area contributed by atoms with Crippen LogP contribution in [-0.2, 0) is 6.54 Å². The molecule has 0 spiro atoms. The first kappa shape index (κ1) is 16.5. The van der Waals surface area contributed by atoms with Gasteiger partial charge in [0.05, 0.1) is 18.3 Å². The standard InChI is InChI=1S/C20H15FN2O2S/c21-16-8-4-5-9-17(16)25-11-10-23-13-22-19-15(20(23)24)12-18(26-19)14-6-2-1-3-7-14/h1-9,12-13H,10-11H2. The van der Waals surface area contributed by atoms with Crippen molar-refractivity contribution in [2.24, 2.45) is 0 Å². The minimum Gasteiger partial charge on any atom is -0.489 e. The number of benzene rings is 2. The number of fused-ring (bicyclic) bond motifs is 1. The van der Waals surface area contributed by atoms with Gasteiger partial charge in [0, 0.05) is 4.88 Å². The lowest BCUT2D eigenvalue weighted by atomic mass is 10.2. The minimum atomic E-state index is -0.418. The zero-order valence-corrected chi connectivity index (χ0v) is 14.6. The highest BCUT2D eigenvalue weighted by atomic mass is 32.1. The molecule has 0 aliphatic heterocycles. The van der Waals surface area contributed by atoms with E-state index in [-0.39, 0.29) is 17.9 Å². The van der Waals surface area contributed by atoms with Crippen molar-refractivity contribution in [3.63, 3.8) is 0 Å². The van der Waals surface area contributed by atoms with E-state index in [1.165, 1.54) is 28.3 Å². The van der Waals surface area contributed by atoms with Gasteiger partial charge in [-0.3, -0.25) is 9.36 Å². The van der Waals surface area contributed by atoms with Gasteiger partial charge in [-0.2, -0.15) is 0 Å². The monoisotopic (exact) mass is 366 g/mol. The molecule has 0 atom stereocenters. The number of hydrogen-bond donors (Lipinski definition) is 0. The van der Waals surface area contributed by atoms with Gasteiger partial charge in [-0.15, -0.1) is 11.3 Å². The molecule has 2 heterocycles. The maximum Gasteiger partial charge on any atom is 0.262 e. The summed E-state index contributed by atoms with van der Waals surface area (Å²) in [6.45, 7) is 0.482. The molecule has 2 aromatic carbocycles. The van der Waals surface area contributed by atoms with Crippen molar-refractivity contribution in [2.45, 2.75) is 6.54 Å². The lowest BCUT2D eigenvalue weighted by Gasteiger charge is -2.08. The summed E-state index contributed by atoms with van der Waals surface area (Å²) in [4.78, 5) is 18.8. The molecule has 0 bridgehead atoms. The molecular weight excluding hydrogens is 351 g/mol. The third kappa shape index (κ3) is 3.23. The summed E-state index contributed by atoms with van der Waals surface area (Å²) in [7, 11) is 0. The molecule has 0 saturated carbocycles. The Morgan fingerprint density at radius 3 is 2.65 bits per heavy atom. The van der Waals surface area contributed by atoms with Crippen molar-refractivity contribution in [2.75, 3.05) is 6.61 Å². The number of aromatic nitrogens is 2. The van der Waals surface area contributed by atoms with Gasteiger partial charge in [-0.25, -0.2) is 9.37 Å². The summed E-state index contributed by atoms with van der Waals surface area (Å²) >= 11 is 1.49. The SMILES string of the molecule is O=c1c2cc(-c3ccccc3)sc2ncn1CCOc1ccccc1F. The largest absolute Gasteiger partial charge is 0.489 e. The summed E-state index contributed by atoms with van der Waals surface area (Å²) in [5.41, 5.74) is 0.940. The molecule has 4 nitrogen and oxygen atoms in total. The number of thiophene rings is 1. The van der Waals surface area contributed by atoms with Crippen LogP contribution in [0.2, 0.25) is 0 Å². The van der Waals surface area contributed by atoms with Crippen molar-refractivity contribution >= 4 is 21.6 Å². The Balaban J connectivity index is 1.56. The predicted molar refractivity (Wildman–Crippen MR) is 101 cm³/mol. The lowest BCUT2D eigenvalue weighted by molar-refractivity contribution is 0.282. The van der Waals surface area contributed by atoms with Gasteiger partial charge in [0.2, 0.25) is 0 Å². The average Bonchev–Trinajstić information content (AvgIpc) is 3.11. The summed E-state index contributed by atoms with van der Waals surface area (Å²) in [6, 6.07) is 18.0. The second-order valence-corrected chi connectivity index (χ2v) is 6.75. The van der Waals surface area contributed by atoms with Crippen LogP contribution in [0.4, 0.5) is 4.39 Å². The molecular formula is C20H15FN2O2S. The first-order valence-electron chi connectivity index (χ1n) is 8.14. The molecule has 0 aliphatic rings. The Morgan fingerprint density at radius 2 is 1.85 bits per heavy atom. The van der Waals surface area contributed by atoms with Gasteiger partial charge in [0.1, 0.15) is 11.4 Å². The third-order valence-corrected chi connectivity index (χ3v) is 5.09. The smallest absolute Gasteiger partial charge is 0.262 e. The number of halogens is 1. The van der Waals surface area contributed by atoms with Gasteiger partial charge in [0.25, 0.3) is 5.56 Å². The molecule has 0 N–H and O–H groups in total. The van der Waals surface area contributed by atoms with E-state index in [2.05, 4.69) is 4.98 Å². The molecule has 0 amide bonds. The van der Waals surface area contributed by atoms with Gasteiger partial charge >= 0.3 is 0 Å². The molecule has 0 saturated heterocycles. The van der Waals surface area contributed by atoms with Crippen LogP contribution < -0.4 is 10.3 Å². The number of hydrogen-bond acceptors (Lipinski definition) is 4. The molecule has 4 rings (SSSR count). The molecule has 0 radical (unpaired) electrons. The van der Waals surface area contributed by atoms with E-state index in [0.29, 0.717) is 16.8 Å². The number of para-hydroxylation sites is 1. The van der Waals surface area contributed by atoms with E-state index in [1.807, 2.05) is 36.4 Å². The molecule has 0 aliphatic carbocycles. The zero-order valence-electron chi connectivity index (χ0n) is 13.8. The van der Waals surface area contributed by atoms with E-state index in [9.17, 15) is 9.18 Å². The Labute approximate surface area is 153 Å². The number of ether oxygens (including phenoxy) is 1. The highest BCUT2D eigenvalue weighted by Crippen LogP contribution is 2.30. The fourth-order valence-electron chi connectivity index (χ4n) is 2.68. The van der Waals surface area contributed by atoms with Crippen LogP contribution in [0.3, 0.4) is 0 Å². The van der Waals surface area contributed by atoms with Gasteiger partial charge in [-0.1, -0.05) is 42.5 Å². The van der Waals surface area contributed by atoms with Gasteiger partial charge in [0.15, 0.2) is 11.6 Å². The van der Waals surface area contributed by atoms with E-state index < -0.39 is 5.82 Å². The maximum atomic E-state index is 13.6. The fraction of sp³-hybridized carbons (Fsp3) is 0.100. The Hall–Kier alpha value is -2.99. The Bertz CT molecular complexity index is 1110. The number of nitrogens with zero attached hydrogens (tertiary/aromatic N) is 2. The zero-order chi connectivity index (χ0) is 17.9. The normalized spacial score (nSPS) is 11.0. The van der Waals surface area contributed by atoms with Crippen LogP contribution in [-0.4, -0.2) is 16.2 Å². The molecule has 4 aromatic rings. The number of rotatable bonds is 5. The Morgan fingerprint density at radius 1 is 1.08 bits per heavy atom. The maximum absolute atomic E-state index is 13.6. The first-order chi connectivity index (χ1) is 12.7. The van der Waals surface area contributed by atoms with Crippen LogP contribution >= 0.6 is 11.3 Å². The van der Waals surface area contributed by atoms with Crippen molar-refractivity contribution in [1.29, 1.82) is 0 Å². The summed E-state index contributed by atoms with van der Waals surface area (Å²) in [5.74, 6) is -0.241. The van der Waals surface area contributed by atoms with Crippen LogP contribution in [0.25, 0.3) is 20.7 Å². The quantitative estimate of drug-likeness (QED) is 0.528. The average molecular weight is 366 g/mol. The van der Waals surface area contributed by atoms with Crippen LogP contribution in [0.5, 0.6) is 5.75 Å². The van der Waals surface area contributed by atoms with Gasteiger partial charge in [-0.05, 0) is 23.8 Å². The topological polar surface area (TPSA) is 44.1 Å². The van der Waals surface area contributed by atoms with E-state index in [0.717, 1.165) is 10.4 Å². The van der Waals surface area contributed by atoms with E-state index >= 15 is 0 Å². The first-order valence-corrected chi connectivity index (χ1v) is 8.96. The molecule has 0 fully saturated rings. The fourth-order valence-corrected chi connectivity index (χ4v) is 3.67. The third-order valence-electron chi connectivity index (χ3n) is 4.00. The van der Waals surface area contributed by atoms with E-state index in [4.69, 9.17) is 4.74 Å². The highest BCUT2D eigenvalue weighted by molar-refractivity contribution is 7.21. The molecule has 2 aromatic heterocycles. The lowest BCUT2D eigenvalue weighted by Crippen LogP contribution is -2.23. The van der Waals surface area contributed by atoms with Crippen molar-refractivity contribution in [1.82, 2.24) is 9.55 Å². The van der Waals surface area contributed by atoms with Gasteiger partial charge < -0.3 is 4.74 Å². The van der Waals surface area contributed by atoms with Crippen LogP contribution in [0.1, 0.15) is 0 Å². The van der Waals surface area contributed by atoms with Crippen LogP contribution in [0.15, 0.2) is 71.8 Å².